The van der Waals surface area contributed by atoms with Crippen molar-refractivity contribution in [1.29, 1.82) is 0 Å². The molecule has 0 N–H and O–H groups in total. The average molecular weight is 482 g/mol. The van der Waals surface area contributed by atoms with Gasteiger partial charge in [0.1, 0.15) is 11.6 Å². The number of aromatic nitrogens is 1. The van der Waals surface area contributed by atoms with E-state index < -0.39 is 0 Å². The summed E-state index contributed by atoms with van der Waals surface area (Å²) >= 11 is 0. The van der Waals surface area contributed by atoms with Gasteiger partial charge in [0, 0.05) is 49.3 Å². The lowest BCUT2D eigenvalue weighted by atomic mass is 10.1. The molecule has 0 unspecified atom stereocenters. The highest BCUT2D eigenvalue weighted by atomic mass is 19.1. The summed E-state index contributed by atoms with van der Waals surface area (Å²) in [6.07, 6.45) is -0.372. The molecule has 0 bridgehead atoms. The lowest BCUT2D eigenvalue weighted by Crippen LogP contribution is -2.51. The molecule has 1 fully saturated rings. The molecule has 1 saturated heterocycles. The lowest BCUT2D eigenvalue weighted by molar-refractivity contribution is -0.134. The van der Waals surface area contributed by atoms with Crippen molar-refractivity contribution >= 4 is 22.9 Å². The molecular weight excluding hydrogens is 453 g/mol. The van der Waals surface area contributed by atoms with E-state index in [1.807, 2.05) is 13.0 Å². The summed E-state index contributed by atoms with van der Waals surface area (Å²) in [5.74, 6) is -0.140. The molecule has 9 heteroatoms. The van der Waals surface area contributed by atoms with Gasteiger partial charge < -0.3 is 23.8 Å². The highest BCUT2D eigenvalue weighted by Gasteiger charge is 2.25. The van der Waals surface area contributed by atoms with E-state index in [0.29, 0.717) is 49.6 Å². The summed E-state index contributed by atoms with van der Waals surface area (Å²) in [6, 6.07) is 13.2. The molecule has 2 heterocycles. The molecule has 0 atom stereocenters. The number of carbonyl (C=O) groups is 2. The van der Waals surface area contributed by atoms with E-state index >= 15 is 0 Å². The second-order valence-electron chi connectivity index (χ2n) is 8.38. The fourth-order valence-corrected chi connectivity index (χ4v) is 4.17. The summed E-state index contributed by atoms with van der Waals surface area (Å²) in [5.41, 5.74) is 1.57. The zero-order valence-electron chi connectivity index (χ0n) is 19.8. The van der Waals surface area contributed by atoms with Crippen molar-refractivity contribution < 1.29 is 23.5 Å². The Morgan fingerprint density at radius 1 is 1.00 bits per heavy atom. The van der Waals surface area contributed by atoms with Gasteiger partial charge in [-0.15, -0.1) is 0 Å². The number of hydrogen-bond acceptors (Lipinski definition) is 5. The Morgan fingerprint density at radius 3 is 2.43 bits per heavy atom. The van der Waals surface area contributed by atoms with Crippen LogP contribution in [-0.2, 0) is 16.1 Å². The zero-order valence-corrected chi connectivity index (χ0v) is 19.8. The summed E-state index contributed by atoms with van der Waals surface area (Å²) in [6.45, 7) is 5.43. The van der Waals surface area contributed by atoms with Crippen LogP contribution in [0.5, 0.6) is 5.75 Å². The van der Waals surface area contributed by atoms with Crippen molar-refractivity contribution in [2.75, 3.05) is 39.4 Å². The Morgan fingerprint density at radius 2 is 1.71 bits per heavy atom. The van der Waals surface area contributed by atoms with Crippen LogP contribution in [0.25, 0.3) is 10.9 Å². The van der Waals surface area contributed by atoms with E-state index in [1.54, 1.807) is 47.1 Å². The Labute approximate surface area is 202 Å². The summed E-state index contributed by atoms with van der Waals surface area (Å²) in [5, 5.41) is 0.842. The second kappa shape index (κ2) is 10.6. The first-order valence-corrected chi connectivity index (χ1v) is 11.6. The summed E-state index contributed by atoms with van der Waals surface area (Å²) < 4.78 is 26.5. The maximum Gasteiger partial charge on any atom is 0.409 e. The number of amides is 2. The van der Waals surface area contributed by atoms with Gasteiger partial charge in [-0.1, -0.05) is 18.2 Å². The molecule has 1 aliphatic heterocycles. The number of aryl methyl sites for hydroxylation is 1. The molecule has 2 amide bonds. The molecule has 8 nitrogen and oxygen atoms in total. The van der Waals surface area contributed by atoms with E-state index in [-0.39, 0.29) is 36.5 Å². The van der Waals surface area contributed by atoms with Gasteiger partial charge in [-0.3, -0.25) is 9.59 Å². The third-order valence-electron chi connectivity index (χ3n) is 6.10. The topological polar surface area (TPSA) is 81.1 Å². The molecule has 0 radical (unpaired) electrons. The predicted molar refractivity (Wildman–Crippen MR) is 129 cm³/mol. The van der Waals surface area contributed by atoms with Crippen LogP contribution in [0.15, 0.2) is 53.3 Å². The number of ether oxygens (including phenoxy) is 2. The van der Waals surface area contributed by atoms with Gasteiger partial charge >= 0.3 is 6.09 Å². The number of halogens is 1. The normalized spacial score (nSPS) is 13.7. The van der Waals surface area contributed by atoms with Crippen LogP contribution in [0.3, 0.4) is 0 Å². The number of rotatable bonds is 6. The highest BCUT2D eigenvalue weighted by molar-refractivity contribution is 5.84. The van der Waals surface area contributed by atoms with Crippen molar-refractivity contribution in [2.24, 2.45) is 0 Å². The zero-order chi connectivity index (χ0) is 24.9. The van der Waals surface area contributed by atoms with Crippen molar-refractivity contribution in [2.45, 2.75) is 20.4 Å². The molecule has 2 aromatic carbocycles. The number of benzene rings is 2. The maximum atomic E-state index is 14.2. The Balaban J connectivity index is 1.48. The van der Waals surface area contributed by atoms with Gasteiger partial charge in [0.25, 0.3) is 11.5 Å². The van der Waals surface area contributed by atoms with Gasteiger partial charge in [-0.2, -0.15) is 0 Å². The molecule has 0 spiro atoms. The number of hydrogen-bond donors (Lipinski definition) is 0. The van der Waals surface area contributed by atoms with Gasteiger partial charge in [-0.05, 0) is 37.6 Å². The number of fused-ring (bicyclic) bond motifs is 1. The highest BCUT2D eigenvalue weighted by Crippen LogP contribution is 2.24. The maximum absolute atomic E-state index is 14.2. The van der Waals surface area contributed by atoms with Gasteiger partial charge in [0.15, 0.2) is 6.61 Å². The predicted octanol–water partition coefficient (Wildman–Crippen LogP) is 3.18. The first-order chi connectivity index (χ1) is 16.9. The summed E-state index contributed by atoms with van der Waals surface area (Å²) in [7, 11) is 0. The molecule has 3 aromatic rings. The number of pyridine rings is 1. The number of piperazine rings is 1. The minimum atomic E-state index is -0.380. The standard InChI is InChI=1S/C26H28FN3O5/c1-3-34-26(33)29-12-10-28(11-13-29)25(32)17-35-20-8-9-21-18(2)14-24(31)30(23(21)15-20)16-19-6-4-5-7-22(19)27/h4-9,14-15H,3,10-13,16-17H2,1-2H3. The number of carbonyl (C=O) groups excluding carboxylic acids is 2. The first-order valence-electron chi connectivity index (χ1n) is 11.6. The summed E-state index contributed by atoms with van der Waals surface area (Å²) in [4.78, 5) is 40.5. The largest absolute Gasteiger partial charge is 0.484 e. The van der Waals surface area contributed by atoms with Crippen LogP contribution >= 0.6 is 0 Å². The van der Waals surface area contributed by atoms with E-state index in [9.17, 15) is 18.8 Å². The smallest absolute Gasteiger partial charge is 0.409 e. The van der Waals surface area contributed by atoms with E-state index in [2.05, 4.69) is 0 Å². The molecule has 4 rings (SSSR count). The Bertz CT molecular complexity index is 1300. The second-order valence-corrected chi connectivity index (χ2v) is 8.38. The molecule has 35 heavy (non-hydrogen) atoms. The Kier molecular flexibility index (Phi) is 7.33. The molecular formula is C26H28FN3O5. The number of nitrogens with zero attached hydrogens (tertiary/aromatic N) is 3. The van der Waals surface area contributed by atoms with E-state index in [0.717, 1.165) is 10.9 Å². The SMILES string of the molecule is CCOC(=O)N1CCN(C(=O)COc2ccc3c(C)cc(=O)n(Cc4ccccc4F)c3c2)CC1. The van der Waals surface area contributed by atoms with Crippen LogP contribution in [0.1, 0.15) is 18.1 Å². The minimum Gasteiger partial charge on any atom is -0.484 e. The van der Waals surface area contributed by atoms with Crippen LogP contribution in [0.2, 0.25) is 0 Å². The van der Waals surface area contributed by atoms with Crippen molar-refractivity contribution in [3.8, 4) is 5.75 Å². The van der Waals surface area contributed by atoms with Crippen molar-refractivity contribution in [1.82, 2.24) is 14.4 Å². The third kappa shape index (κ3) is 5.45. The fourth-order valence-electron chi connectivity index (χ4n) is 4.17. The van der Waals surface area contributed by atoms with Gasteiger partial charge in [-0.25, -0.2) is 9.18 Å². The van der Waals surface area contributed by atoms with Crippen LogP contribution in [0, 0.1) is 12.7 Å². The molecule has 0 saturated carbocycles. The minimum absolute atomic E-state index is 0.0788. The monoisotopic (exact) mass is 481 g/mol. The first kappa shape index (κ1) is 24.3. The fraction of sp³-hybridized carbons (Fsp3) is 0.346. The average Bonchev–Trinajstić information content (AvgIpc) is 2.86. The molecule has 1 aliphatic rings. The van der Waals surface area contributed by atoms with Crippen LogP contribution in [-0.4, -0.2) is 65.8 Å². The molecule has 0 aliphatic carbocycles. The van der Waals surface area contributed by atoms with Crippen molar-refractivity contribution in [3.05, 3.63) is 75.8 Å². The van der Waals surface area contributed by atoms with Gasteiger partial charge in [0.2, 0.25) is 0 Å². The molecule has 1 aromatic heterocycles. The Hall–Kier alpha value is -3.88. The van der Waals surface area contributed by atoms with E-state index in [1.165, 1.54) is 16.7 Å². The van der Waals surface area contributed by atoms with Gasteiger partial charge in [0.05, 0.1) is 18.7 Å². The van der Waals surface area contributed by atoms with Crippen molar-refractivity contribution in [3.63, 3.8) is 0 Å². The van der Waals surface area contributed by atoms with E-state index in [4.69, 9.17) is 9.47 Å². The quantitative estimate of drug-likeness (QED) is 0.540. The molecule has 184 valence electrons. The lowest BCUT2D eigenvalue weighted by Gasteiger charge is -2.33. The van der Waals surface area contributed by atoms with Crippen LogP contribution < -0.4 is 10.3 Å². The third-order valence-corrected chi connectivity index (χ3v) is 6.10. The van der Waals surface area contributed by atoms with Crippen LogP contribution in [0.4, 0.5) is 9.18 Å².